The van der Waals surface area contributed by atoms with Gasteiger partial charge in [0.15, 0.2) is 0 Å². The number of hydrogen-bond donors (Lipinski definition) is 2. The van der Waals surface area contributed by atoms with E-state index in [0.717, 1.165) is 12.1 Å². The molecule has 1 amide bonds. The molecule has 94 valence electrons. The van der Waals surface area contributed by atoms with E-state index in [-0.39, 0.29) is 0 Å². The summed E-state index contributed by atoms with van der Waals surface area (Å²) >= 11 is 0. The molecule has 0 saturated carbocycles. The monoisotopic (exact) mass is 246 g/mol. The van der Waals surface area contributed by atoms with Gasteiger partial charge in [0.25, 0.3) is 0 Å². The van der Waals surface area contributed by atoms with Crippen molar-refractivity contribution in [1.82, 2.24) is 0 Å². The smallest absolute Gasteiger partial charge is 0.374 e. The van der Waals surface area contributed by atoms with Crippen LogP contribution in [0.15, 0.2) is 24.3 Å². The molecule has 0 fully saturated rings. The summed E-state index contributed by atoms with van der Waals surface area (Å²) in [7, 11) is 0. The molecule has 17 heavy (non-hydrogen) atoms. The number of hydrogen-bond acceptors (Lipinski definition) is 2. The molecule has 3 nitrogen and oxygen atoms in total. The van der Waals surface area contributed by atoms with Crippen molar-refractivity contribution in [3.8, 4) is 0 Å². The second-order valence-corrected chi connectivity index (χ2v) is 3.58. The highest BCUT2D eigenvalue weighted by Gasteiger charge is 2.30. The summed E-state index contributed by atoms with van der Waals surface area (Å²) in [6, 6.07) is 3.88. The summed E-state index contributed by atoms with van der Waals surface area (Å²) in [4.78, 5) is 10.9. The summed E-state index contributed by atoms with van der Waals surface area (Å²) in [5, 5.41) is 2.76. The Hall–Kier alpha value is -1.72. The van der Waals surface area contributed by atoms with Gasteiger partial charge in [-0.3, -0.25) is 4.79 Å². The first kappa shape index (κ1) is 13.3. The lowest BCUT2D eigenvalue weighted by atomic mass is 10.1. The number of carbonyl (C=O) groups excluding carboxylic acids is 1. The standard InChI is InChI=1S/C11H13F3N2O/c1-2-9(10(15)17)16-8-5-3-7(4-6-8)11(12,13)14/h3-6,9,16H,2H2,1H3,(H2,15,17). The summed E-state index contributed by atoms with van der Waals surface area (Å²) in [5.74, 6) is -0.535. The van der Waals surface area contributed by atoms with Gasteiger partial charge in [-0.15, -0.1) is 0 Å². The van der Waals surface area contributed by atoms with Gasteiger partial charge in [-0.1, -0.05) is 6.92 Å². The lowest BCUT2D eigenvalue weighted by Gasteiger charge is -2.15. The van der Waals surface area contributed by atoms with E-state index in [1.54, 1.807) is 6.92 Å². The van der Waals surface area contributed by atoms with E-state index in [2.05, 4.69) is 5.32 Å². The van der Waals surface area contributed by atoms with Gasteiger partial charge >= 0.3 is 6.18 Å². The zero-order valence-corrected chi connectivity index (χ0v) is 9.21. The van der Waals surface area contributed by atoms with Crippen molar-refractivity contribution < 1.29 is 18.0 Å². The minimum atomic E-state index is -4.35. The largest absolute Gasteiger partial charge is 0.416 e. The number of benzene rings is 1. The van der Waals surface area contributed by atoms with Crippen molar-refractivity contribution in [2.24, 2.45) is 5.73 Å². The highest BCUT2D eigenvalue weighted by molar-refractivity contribution is 5.82. The van der Waals surface area contributed by atoms with Crippen LogP contribution in [0.3, 0.4) is 0 Å². The molecule has 0 radical (unpaired) electrons. The molecule has 0 aromatic heterocycles. The molecular weight excluding hydrogens is 233 g/mol. The van der Waals surface area contributed by atoms with E-state index in [1.807, 2.05) is 0 Å². The zero-order chi connectivity index (χ0) is 13.1. The normalized spacial score (nSPS) is 13.2. The highest BCUT2D eigenvalue weighted by Crippen LogP contribution is 2.29. The second kappa shape index (κ2) is 5.07. The quantitative estimate of drug-likeness (QED) is 0.857. The zero-order valence-electron chi connectivity index (χ0n) is 9.21. The van der Waals surface area contributed by atoms with E-state index in [9.17, 15) is 18.0 Å². The molecule has 0 aliphatic heterocycles. The van der Waals surface area contributed by atoms with Crippen LogP contribution in [0.25, 0.3) is 0 Å². The third-order valence-corrected chi connectivity index (χ3v) is 2.30. The Morgan fingerprint density at radius 3 is 2.24 bits per heavy atom. The molecule has 1 atom stereocenters. The van der Waals surface area contributed by atoms with E-state index >= 15 is 0 Å². The van der Waals surface area contributed by atoms with Crippen LogP contribution in [0.2, 0.25) is 0 Å². The first-order valence-corrected chi connectivity index (χ1v) is 5.07. The van der Waals surface area contributed by atoms with Gasteiger partial charge in [0.05, 0.1) is 5.56 Å². The number of carbonyl (C=O) groups is 1. The van der Waals surface area contributed by atoms with Crippen LogP contribution in [0.5, 0.6) is 0 Å². The minimum Gasteiger partial charge on any atom is -0.374 e. The van der Waals surface area contributed by atoms with E-state index in [0.29, 0.717) is 12.1 Å². The third-order valence-electron chi connectivity index (χ3n) is 2.30. The van der Waals surface area contributed by atoms with Crippen LogP contribution < -0.4 is 11.1 Å². The molecule has 0 saturated heterocycles. The molecule has 3 N–H and O–H groups in total. The van der Waals surface area contributed by atoms with Gasteiger partial charge in [0.2, 0.25) is 5.91 Å². The van der Waals surface area contributed by atoms with Gasteiger partial charge in [-0.05, 0) is 30.7 Å². The van der Waals surface area contributed by atoms with Crippen LogP contribution >= 0.6 is 0 Å². The van der Waals surface area contributed by atoms with Crippen LogP contribution in [-0.4, -0.2) is 11.9 Å². The molecule has 0 aliphatic rings. The topological polar surface area (TPSA) is 55.1 Å². The van der Waals surface area contributed by atoms with Crippen molar-refractivity contribution in [1.29, 1.82) is 0 Å². The Labute approximate surface area is 96.8 Å². The maximum absolute atomic E-state index is 12.3. The van der Waals surface area contributed by atoms with Gasteiger partial charge in [-0.25, -0.2) is 0 Å². The predicted molar refractivity (Wildman–Crippen MR) is 58.3 cm³/mol. The van der Waals surface area contributed by atoms with E-state index in [1.165, 1.54) is 12.1 Å². The Morgan fingerprint density at radius 1 is 1.35 bits per heavy atom. The molecule has 0 aliphatic carbocycles. The Bertz CT molecular complexity index is 387. The average Bonchev–Trinajstić information content (AvgIpc) is 2.25. The first-order valence-electron chi connectivity index (χ1n) is 5.07. The average molecular weight is 246 g/mol. The number of alkyl halides is 3. The second-order valence-electron chi connectivity index (χ2n) is 3.58. The van der Waals surface area contributed by atoms with Gasteiger partial charge in [0.1, 0.15) is 6.04 Å². The fourth-order valence-electron chi connectivity index (χ4n) is 1.33. The predicted octanol–water partition coefficient (Wildman–Crippen LogP) is 2.38. The summed E-state index contributed by atoms with van der Waals surface area (Å²) in [6.07, 6.45) is -3.89. The van der Waals surface area contributed by atoms with Crippen molar-refractivity contribution >= 4 is 11.6 Å². The molecular formula is C11H13F3N2O. The lowest BCUT2D eigenvalue weighted by Crippen LogP contribution is -2.34. The number of anilines is 1. The fraction of sp³-hybridized carbons (Fsp3) is 0.364. The van der Waals surface area contributed by atoms with Crippen molar-refractivity contribution in [3.63, 3.8) is 0 Å². The Morgan fingerprint density at radius 2 is 1.88 bits per heavy atom. The number of nitrogens with two attached hydrogens (primary N) is 1. The Kier molecular flexibility index (Phi) is 3.98. The highest BCUT2D eigenvalue weighted by atomic mass is 19.4. The molecule has 1 rings (SSSR count). The van der Waals surface area contributed by atoms with Crippen LogP contribution in [0, 0.1) is 0 Å². The fourth-order valence-corrected chi connectivity index (χ4v) is 1.33. The molecule has 1 aromatic rings. The van der Waals surface area contributed by atoms with Crippen LogP contribution in [-0.2, 0) is 11.0 Å². The van der Waals surface area contributed by atoms with Gasteiger partial charge < -0.3 is 11.1 Å². The third kappa shape index (κ3) is 3.65. The molecule has 0 bridgehead atoms. The molecule has 0 heterocycles. The van der Waals surface area contributed by atoms with Gasteiger partial charge in [0, 0.05) is 5.69 Å². The van der Waals surface area contributed by atoms with Gasteiger partial charge in [-0.2, -0.15) is 13.2 Å². The van der Waals surface area contributed by atoms with Crippen molar-refractivity contribution in [3.05, 3.63) is 29.8 Å². The van der Waals surface area contributed by atoms with Crippen molar-refractivity contribution in [2.75, 3.05) is 5.32 Å². The van der Waals surface area contributed by atoms with E-state index in [4.69, 9.17) is 5.73 Å². The first-order chi connectivity index (χ1) is 7.84. The lowest BCUT2D eigenvalue weighted by molar-refractivity contribution is -0.137. The van der Waals surface area contributed by atoms with E-state index < -0.39 is 23.7 Å². The number of primary amides is 1. The number of nitrogens with one attached hydrogen (secondary N) is 1. The molecule has 1 unspecified atom stereocenters. The maximum Gasteiger partial charge on any atom is 0.416 e. The molecule has 0 spiro atoms. The van der Waals surface area contributed by atoms with Crippen LogP contribution in [0.4, 0.5) is 18.9 Å². The summed E-state index contributed by atoms with van der Waals surface area (Å²) in [5.41, 5.74) is 4.82. The van der Waals surface area contributed by atoms with Crippen molar-refractivity contribution in [2.45, 2.75) is 25.6 Å². The summed E-state index contributed by atoms with van der Waals surface area (Å²) in [6.45, 7) is 1.76. The Balaban J connectivity index is 2.78. The molecule has 1 aromatic carbocycles. The SMILES string of the molecule is CCC(Nc1ccc(C(F)(F)F)cc1)C(N)=O. The number of rotatable bonds is 4. The van der Waals surface area contributed by atoms with Crippen LogP contribution in [0.1, 0.15) is 18.9 Å². The number of amides is 1. The maximum atomic E-state index is 12.3. The minimum absolute atomic E-state index is 0.434. The molecule has 6 heteroatoms. The summed E-state index contributed by atoms with van der Waals surface area (Å²) < 4.78 is 36.8. The number of halogens is 3.